The van der Waals surface area contributed by atoms with Gasteiger partial charge in [0.05, 0.1) is 28.4 Å². The molecule has 2 aromatic heterocycles. The summed E-state index contributed by atoms with van der Waals surface area (Å²) in [6, 6.07) is 67.3. The van der Waals surface area contributed by atoms with Crippen LogP contribution in [0.4, 0.5) is 0 Å². The minimum Gasteiger partial charge on any atom is -0.344 e. The summed E-state index contributed by atoms with van der Waals surface area (Å²) in [5, 5.41) is 19.8. The van der Waals surface area contributed by atoms with Crippen LogP contribution in [-0.4, -0.2) is 9.13 Å². The van der Waals surface area contributed by atoms with Crippen molar-refractivity contribution < 1.29 is 0 Å². The molecular weight excluding hydrogens is 739 g/mol. The number of nitrogens with zero attached hydrogens (tertiary/aromatic N) is 3. The van der Waals surface area contributed by atoms with Crippen molar-refractivity contribution in [2.24, 2.45) is 7.05 Å². The van der Waals surface area contributed by atoms with E-state index < -0.39 is 0 Å². The van der Waals surface area contributed by atoms with Gasteiger partial charge in [-0.15, -0.1) is 0 Å². The van der Waals surface area contributed by atoms with Crippen LogP contribution >= 0.6 is 0 Å². The van der Waals surface area contributed by atoms with Gasteiger partial charge in [-0.3, -0.25) is 0 Å². The van der Waals surface area contributed by atoms with Crippen LogP contribution in [0.2, 0.25) is 0 Å². The van der Waals surface area contributed by atoms with E-state index in [2.05, 4.69) is 200 Å². The lowest BCUT2D eigenvalue weighted by Gasteiger charge is -2.24. The molecule has 1 atom stereocenters. The SMILES string of the molecule is Cn1c2ccccc2c2cc(C(CCc3ccc4c(c3)C(C)(C)c3cc(-n5c6ccccc6c6ccc7ccccc7c65)c5ccccc5c3-4)c3ccc(C#N)cc3)ccc21. The molecule has 11 aromatic rings. The van der Waals surface area contributed by atoms with Gasteiger partial charge in [0.1, 0.15) is 0 Å². The number of fused-ring (bicyclic) bond motifs is 13. The first-order chi connectivity index (χ1) is 29.9. The molecule has 1 unspecified atom stereocenters. The molecule has 1 aliphatic rings. The van der Waals surface area contributed by atoms with E-state index in [1.165, 1.54) is 110 Å². The highest BCUT2D eigenvalue weighted by Crippen LogP contribution is 2.53. The molecule has 9 aromatic carbocycles. The van der Waals surface area contributed by atoms with Crippen LogP contribution in [0.5, 0.6) is 0 Å². The third kappa shape index (κ3) is 5.22. The molecule has 0 bridgehead atoms. The number of nitriles is 1. The lowest BCUT2D eigenvalue weighted by atomic mass is 9.80. The number of rotatable bonds is 6. The van der Waals surface area contributed by atoms with Gasteiger partial charge in [0, 0.05) is 61.7 Å². The lowest BCUT2D eigenvalue weighted by Crippen LogP contribution is -2.16. The maximum atomic E-state index is 9.63. The maximum Gasteiger partial charge on any atom is 0.0991 e. The average Bonchev–Trinajstić information content (AvgIpc) is 3.88. The number of hydrogen-bond acceptors (Lipinski definition) is 1. The van der Waals surface area contributed by atoms with Crippen LogP contribution in [0.25, 0.3) is 82.0 Å². The Labute approximate surface area is 355 Å². The smallest absolute Gasteiger partial charge is 0.0991 e. The van der Waals surface area contributed by atoms with Crippen molar-refractivity contribution in [1.29, 1.82) is 5.26 Å². The number of aromatic nitrogens is 2. The Hall–Kier alpha value is -7.41. The monoisotopic (exact) mass is 781 g/mol. The molecular formula is C58H43N3. The van der Waals surface area contributed by atoms with Crippen molar-refractivity contribution >= 4 is 65.2 Å². The summed E-state index contributed by atoms with van der Waals surface area (Å²) >= 11 is 0. The van der Waals surface area contributed by atoms with Crippen molar-refractivity contribution in [2.45, 2.75) is 38.0 Å². The predicted molar refractivity (Wildman–Crippen MR) is 255 cm³/mol. The van der Waals surface area contributed by atoms with Crippen LogP contribution in [-0.2, 0) is 18.9 Å². The maximum absolute atomic E-state index is 9.63. The fourth-order valence-electron chi connectivity index (χ4n) is 11.0. The summed E-state index contributed by atoms with van der Waals surface area (Å²) < 4.78 is 4.84. The van der Waals surface area contributed by atoms with Crippen LogP contribution in [0, 0.1) is 11.3 Å². The molecule has 0 saturated carbocycles. The van der Waals surface area contributed by atoms with Crippen LogP contribution in [0.3, 0.4) is 0 Å². The standard InChI is InChI=1S/C58H43N3/c1-58(2)50-32-36(22-28-41(39-24-20-37(35-59)21-25-39)40-27-31-53-49(33-40)45-16-8-10-18-52(45)60(53)3)23-29-48(50)56-46-17-7-6-14-43(46)55(34-51(56)58)61-54-19-11-9-15-44(54)47-30-26-38-12-4-5-13-42(38)57(47)61/h4-21,23-27,29-34,41H,22,28H2,1-3H3. The zero-order chi connectivity index (χ0) is 41.0. The summed E-state index contributed by atoms with van der Waals surface area (Å²) in [6.45, 7) is 4.83. The molecule has 3 nitrogen and oxygen atoms in total. The predicted octanol–water partition coefficient (Wildman–Crippen LogP) is 14.7. The highest BCUT2D eigenvalue weighted by atomic mass is 15.0. The summed E-state index contributed by atoms with van der Waals surface area (Å²) in [5.41, 5.74) is 16.0. The Balaban J connectivity index is 0.974. The van der Waals surface area contributed by atoms with Crippen LogP contribution < -0.4 is 0 Å². The van der Waals surface area contributed by atoms with E-state index in [1.807, 2.05) is 12.1 Å². The Morgan fingerprint density at radius 1 is 0.541 bits per heavy atom. The topological polar surface area (TPSA) is 33.6 Å². The van der Waals surface area contributed by atoms with E-state index in [9.17, 15) is 5.26 Å². The van der Waals surface area contributed by atoms with Gasteiger partial charge in [-0.2, -0.15) is 5.26 Å². The van der Waals surface area contributed by atoms with Crippen molar-refractivity contribution in [2.75, 3.05) is 0 Å². The molecule has 0 saturated heterocycles. The Bertz CT molecular complexity index is 3640. The van der Waals surface area contributed by atoms with Crippen molar-refractivity contribution in [3.63, 3.8) is 0 Å². The largest absolute Gasteiger partial charge is 0.344 e. The van der Waals surface area contributed by atoms with Gasteiger partial charge < -0.3 is 9.13 Å². The average molecular weight is 782 g/mol. The van der Waals surface area contributed by atoms with E-state index in [-0.39, 0.29) is 11.3 Å². The lowest BCUT2D eigenvalue weighted by molar-refractivity contribution is 0.657. The normalized spacial score (nSPS) is 13.7. The highest BCUT2D eigenvalue weighted by molar-refractivity contribution is 6.20. The first kappa shape index (κ1) is 35.5. The van der Waals surface area contributed by atoms with E-state index in [0.29, 0.717) is 5.56 Å². The van der Waals surface area contributed by atoms with Crippen LogP contribution in [0.1, 0.15) is 59.6 Å². The van der Waals surface area contributed by atoms with Gasteiger partial charge in [0.25, 0.3) is 0 Å². The molecule has 0 amide bonds. The molecule has 2 heterocycles. The van der Waals surface area contributed by atoms with Gasteiger partial charge >= 0.3 is 0 Å². The van der Waals surface area contributed by atoms with Crippen molar-refractivity contribution in [3.05, 3.63) is 209 Å². The van der Waals surface area contributed by atoms with E-state index >= 15 is 0 Å². The number of benzene rings is 9. The molecule has 290 valence electrons. The third-order valence-electron chi connectivity index (χ3n) is 14.0. The summed E-state index contributed by atoms with van der Waals surface area (Å²) in [6.07, 6.45) is 1.88. The number of aryl methyl sites for hydroxylation is 2. The highest BCUT2D eigenvalue weighted by Gasteiger charge is 2.38. The molecule has 0 aliphatic heterocycles. The van der Waals surface area contributed by atoms with Crippen molar-refractivity contribution in [1.82, 2.24) is 9.13 Å². The second-order valence-electron chi connectivity index (χ2n) is 17.6. The molecule has 0 fully saturated rings. The van der Waals surface area contributed by atoms with E-state index in [1.54, 1.807) is 0 Å². The second-order valence-corrected chi connectivity index (χ2v) is 17.6. The first-order valence-corrected chi connectivity index (χ1v) is 21.5. The van der Waals surface area contributed by atoms with Gasteiger partial charge in [-0.1, -0.05) is 147 Å². The van der Waals surface area contributed by atoms with Gasteiger partial charge in [0.2, 0.25) is 0 Å². The summed E-state index contributed by atoms with van der Waals surface area (Å²) in [7, 11) is 2.16. The first-order valence-electron chi connectivity index (χ1n) is 21.5. The Kier molecular flexibility index (Phi) is 7.75. The van der Waals surface area contributed by atoms with E-state index in [0.717, 1.165) is 12.8 Å². The zero-order valence-corrected chi connectivity index (χ0v) is 34.6. The zero-order valence-electron chi connectivity index (χ0n) is 34.6. The van der Waals surface area contributed by atoms with Crippen molar-refractivity contribution in [3.8, 4) is 22.9 Å². The second kappa shape index (κ2) is 13.3. The Morgan fingerprint density at radius 3 is 1.98 bits per heavy atom. The third-order valence-corrected chi connectivity index (χ3v) is 14.0. The van der Waals surface area contributed by atoms with Gasteiger partial charge in [-0.25, -0.2) is 0 Å². The number of hydrogen-bond donors (Lipinski definition) is 0. The minimum absolute atomic E-state index is 0.170. The fraction of sp³-hybridized carbons (Fsp3) is 0.121. The Morgan fingerprint density at radius 2 is 1.20 bits per heavy atom. The van der Waals surface area contributed by atoms with E-state index in [4.69, 9.17) is 0 Å². The molecule has 1 aliphatic carbocycles. The minimum atomic E-state index is -0.216. The molecule has 0 N–H and O–H groups in total. The fourth-order valence-corrected chi connectivity index (χ4v) is 11.0. The molecule has 0 radical (unpaired) electrons. The van der Waals surface area contributed by atoms with Crippen LogP contribution in [0.15, 0.2) is 176 Å². The summed E-state index contributed by atoms with van der Waals surface area (Å²) in [4.78, 5) is 0. The quantitative estimate of drug-likeness (QED) is 0.165. The molecule has 3 heteroatoms. The molecule has 0 spiro atoms. The summed E-state index contributed by atoms with van der Waals surface area (Å²) in [5.74, 6) is 0.170. The van der Waals surface area contributed by atoms with Gasteiger partial charge in [0.15, 0.2) is 0 Å². The number of para-hydroxylation sites is 2. The molecule has 61 heavy (non-hydrogen) atoms. The van der Waals surface area contributed by atoms with Gasteiger partial charge in [-0.05, 0) is 105 Å². The molecule has 12 rings (SSSR count).